The second-order valence-corrected chi connectivity index (χ2v) is 7.41. The van der Waals surface area contributed by atoms with E-state index in [2.05, 4.69) is 30.3 Å². The maximum absolute atomic E-state index is 3.78. The Balaban J connectivity index is 1.75. The quantitative estimate of drug-likeness (QED) is 0.814. The van der Waals surface area contributed by atoms with Crippen LogP contribution in [0.3, 0.4) is 0 Å². The third-order valence-electron chi connectivity index (χ3n) is 4.19. The highest BCUT2D eigenvalue weighted by Crippen LogP contribution is 2.27. The van der Waals surface area contributed by atoms with Crippen molar-refractivity contribution >= 4 is 11.8 Å². The van der Waals surface area contributed by atoms with E-state index in [0.29, 0.717) is 4.75 Å². The van der Waals surface area contributed by atoms with Crippen molar-refractivity contribution in [3.05, 3.63) is 0 Å². The second-order valence-electron chi connectivity index (χ2n) is 5.90. The minimum atomic E-state index is 0.382. The van der Waals surface area contributed by atoms with Crippen molar-refractivity contribution in [1.29, 1.82) is 0 Å². The SMILES string of the molecule is CSC(C)(C)CNC1CCN2CCCC2C1. The molecule has 2 unspecified atom stereocenters. The molecule has 2 saturated heterocycles. The molecule has 0 aliphatic carbocycles. The van der Waals surface area contributed by atoms with Crippen molar-refractivity contribution in [3.63, 3.8) is 0 Å². The number of hydrogen-bond donors (Lipinski definition) is 1. The third kappa shape index (κ3) is 3.14. The van der Waals surface area contributed by atoms with Crippen LogP contribution in [-0.2, 0) is 0 Å². The first-order chi connectivity index (χ1) is 7.61. The predicted octanol–water partition coefficient (Wildman–Crippen LogP) is 2.34. The second kappa shape index (κ2) is 5.28. The molecule has 0 radical (unpaired) electrons. The van der Waals surface area contributed by atoms with Gasteiger partial charge in [-0.15, -0.1) is 0 Å². The molecule has 0 aromatic heterocycles. The highest BCUT2D eigenvalue weighted by atomic mass is 32.2. The zero-order valence-electron chi connectivity index (χ0n) is 11.0. The maximum atomic E-state index is 3.78. The van der Waals surface area contributed by atoms with Crippen LogP contribution in [0.15, 0.2) is 0 Å². The first-order valence-electron chi connectivity index (χ1n) is 6.63. The standard InChI is InChI=1S/C13H26N2S/c1-13(2,16-3)10-14-11-6-8-15-7-4-5-12(15)9-11/h11-12,14H,4-10H2,1-3H3. The molecule has 2 aliphatic rings. The van der Waals surface area contributed by atoms with Gasteiger partial charge in [0.1, 0.15) is 0 Å². The Bertz CT molecular complexity index is 230. The molecule has 2 rings (SSSR count). The zero-order valence-corrected chi connectivity index (χ0v) is 11.8. The van der Waals surface area contributed by atoms with Crippen molar-refractivity contribution in [2.45, 2.75) is 56.4 Å². The molecule has 16 heavy (non-hydrogen) atoms. The molecule has 2 nitrogen and oxygen atoms in total. The Hall–Kier alpha value is 0.270. The molecule has 2 fully saturated rings. The van der Waals surface area contributed by atoms with Crippen molar-refractivity contribution < 1.29 is 0 Å². The van der Waals surface area contributed by atoms with Crippen LogP contribution in [0.5, 0.6) is 0 Å². The van der Waals surface area contributed by atoms with Gasteiger partial charge in [0.05, 0.1) is 0 Å². The summed E-state index contributed by atoms with van der Waals surface area (Å²) >= 11 is 1.96. The fourth-order valence-electron chi connectivity index (χ4n) is 2.87. The lowest BCUT2D eigenvalue weighted by atomic mass is 9.97. The van der Waals surface area contributed by atoms with Gasteiger partial charge in [0.25, 0.3) is 0 Å². The molecule has 94 valence electrons. The van der Waals surface area contributed by atoms with Crippen LogP contribution in [0, 0.1) is 0 Å². The van der Waals surface area contributed by atoms with Gasteiger partial charge in [0, 0.05) is 23.4 Å². The number of fused-ring (bicyclic) bond motifs is 1. The van der Waals surface area contributed by atoms with Crippen molar-refractivity contribution in [1.82, 2.24) is 10.2 Å². The molecule has 2 aliphatic heterocycles. The van der Waals surface area contributed by atoms with Crippen LogP contribution in [0.4, 0.5) is 0 Å². The molecular weight excluding hydrogens is 216 g/mol. The van der Waals surface area contributed by atoms with Gasteiger partial charge in [-0.25, -0.2) is 0 Å². The van der Waals surface area contributed by atoms with E-state index in [1.54, 1.807) is 0 Å². The predicted molar refractivity (Wildman–Crippen MR) is 73.2 cm³/mol. The first kappa shape index (κ1) is 12.7. The average Bonchev–Trinajstić information content (AvgIpc) is 2.73. The van der Waals surface area contributed by atoms with Crippen LogP contribution in [0.2, 0.25) is 0 Å². The van der Waals surface area contributed by atoms with Crippen molar-refractivity contribution in [3.8, 4) is 0 Å². The van der Waals surface area contributed by atoms with Crippen LogP contribution in [0.1, 0.15) is 39.5 Å². The monoisotopic (exact) mass is 242 g/mol. The van der Waals surface area contributed by atoms with E-state index in [1.807, 2.05) is 11.8 Å². The van der Waals surface area contributed by atoms with Gasteiger partial charge >= 0.3 is 0 Å². The van der Waals surface area contributed by atoms with Crippen LogP contribution in [0.25, 0.3) is 0 Å². The Morgan fingerprint density at radius 3 is 2.88 bits per heavy atom. The lowest BCUT2D eigenvalue weighted by molar-refractivity contribution is 0.166. The molecular formula is C13H26N2S. The van der Waals surface area contributed by atoms with Crippen LogP contribution >= 0.6 is 11.8 Å². The average molecular weight is 242 g/mol. The molecule has 0 aromatic carbocycles. The molecule has 0 saturated carbocycles. The number of nitrogens with one attached hydrogen (secondary N) is 1. The summed E-state index contributed by atoms with van der Waals surface area (Å²) in [5, 5.41) is 3.78. The Labute approximate surface area is 105 Å². The largest absolute Gasteiger partial charge is 0.313 e. The van der Waals surface area contributed by atoms with Gasteiger partial charge in [-0.1, -0.05) is 0 Å². The lowest BCUT2D eigenvalue weighted by Gasteiger charge is -2.36. The van der Waals surface area contributed by atoms with E-state index in [-0.39, 0.29) is 0 Å². The van der Waals surface area contributed by atoms with E-state index >= 15 is 0 Å². The van der Waals surface area contributed by atoms with Gasteiger partial charge in [0.15, 0.2) is 0 Å². The zero-order chi connectivity index (χ0) is 11.6. The van der Waals surface area contributed by atoms with Crippen LogP contribution < -0.4 is 5.32 Å². The topological polar surface area (TPSA) is 15.3 Å². The number of piperidine rings is 1. The van der Waals surface area contributed by atoms with E-state index in [4.69, 9.17) is 0 Å². The molecule has 2 heterocycles. The van der Waals surface area contributed by atoms with E-state index in [1.165, 1.54) is 38.8 Å². The van der Waals surface area contributed by atoms with Crippen molar-refractivity contribution in [2.75, 3.05) is 25.9 Å². The first-order valence-corrected chi connectivity index (χ1v) is 7.86. The van der Waals surface area contributed by atoms with E-state index in [9.17, 15) is 0 Å². The van der Waals surface area contributed by atoms with E-state index < -0.39 is 0 Å². The number of thioether (sulfide) groups is 1. The molecule has 0 aromatic rings. The highest BCUT2D eigenvalue weighted by Gasteiger charge is 2.31. The normalized spacial score (nSPS) is 31.7. The third-order valence-corrected chi connectivity index (χ3v) is 5.44. The Morgan fingerprint density at radius 1 is 1.31 bits per heavy atom. The summed E-state index contributed by atoms with van der Waals surface area (Å²) in [6.45, 7) is 8.48. The van der Waals surface area contributed by atoms with Gasteiger partial charge in [-0.3, -0.25) is 0 Å². The summed E-state index contributed by atoms with van der Waals surface area (Å²) in [5.41, 5.74) is 0. The van der Waals surface area contributed by atoms with E-state index in [0.717, 1.165) is 18.6 Å². The maximum Gasteiger partial charge on any atom is 0.0225 e. The summed E-state index contributed by atoms with van der Waals surface area (Å²) in [5.74, 6) is 0. The molecule has 3 heteroatoms. The summed E-state index contributed by atoms with van der Waals surface area (Å²) in [7, 11) is 0. The van der Waals surface area contributed by atoms with Gasteiger partial charge in [-0.2, -0.15) is 11.8 Å². The summed E-state index contributed by atoms with van der Waals surface area (Å²) in [6, 6.07) is 1.66. The van der Waals surface area contributed by atoms with Crippen LogP contribution in [-0.4, -0.2) is 47.6 Å². The highest BCUT2D eigenvalue weighted by molar-refractivity contribution is 7.99. The molecule has 1 N–H and O–H groups in total. The van der Waals surface area contributed by atoms with Gasteiger partial charge in [0.2, 0.25) is 0 Å². The number of rotatable bonds is 4. The minimum Gasteiger partial charge on any atom is -0.313 e. The number of nitrogens with zero attached hydrogens (tertiary/aromatic N) is 1. The molecule has 0 bridgehead atoms. The van der Waals surface area contributed by atoms with Gasteiger partial charge < -0.3 is 10.2 Å². The molecule has 0 amide bonds. The van der Waals surface area contributed by atoms with Gasteiger partial charge in [-0.05, 0) is 58.9 Å². The number of hydrogen-bond acceptors (Lipinski definition) is 3. The summed E-state index contributed by atoms with van der Waals surface area (Å²) in [4.78, 5) is 2.69. The fraction of sp³-hybridized carbons (Fsp3) is 1.00. The minimum absolute atomic E-state index is 0.382. The van der Waals surface area contributed by atoms with Crippen molar-refractivity contribution in [2.24, 2.45) is 0 Å². The summed E-state index contributed by atoms with van der Waals surface area (Å²) in [6.07, 6.45) is 7.80. The fourth-order valence-corrected chi connectivity index (χ4v) is 3.10. The lowest BCUT2D eigenvalue weighted by Crippen LogP contribution is -2.48. The Kier molecular flexibility index (Phi) is 4.20. The summed E-state index contributed by atoms with van der Waals surface area (Å²) < 4.78 is 0.382. The molecule has 0 spiro atoms. The molecule has 2 atom stereocenters. The smallest absolute Gasteiger partial charge is 0.0225 e. The Morgan fingerprint density at radius 2 is 2.12 bits per heavy atom.